The van der Waals surface area contributed by atoms with E-state index in [9.17, 15) is 9.90 Å². The van der Waals surface area contributed by atoms with Gasteiger partial charge in [0.1, 0.15) is 5.60 Å². The van der Waals surface area contributed by atoms with Crippen LogP contribution in [0.15, 0.2) is 24.4 Å². The molecule has 0 bridgehead atoms. The third-order valence-electron chi connectivity index (χ3n) is 7.31. The molecule has 0 atom stereocenters. The molecule has 0 spiro atoms. The van der Waals surface area contributed by atoms with E-state index in [-0.39, 0.29) is 18.5 Å². The molecule has 5 rings (SSSR count). The lowest BCUT2D eigenvalue weighted by Crippen LogP contribution is -2.63. The number of hydrogen-bond acceptors (Lipinski definition) is 7. The van der Waals surface area contributed by atoms with Crippen LogP contribution >= 0.6 is 11.3 Å². The van der Waals surface area contributed by atoms with Crippen molar-refractivity contribution in [3.63, 3.8) is 0 Å². The molecule has 3 aromatic rings. The number of aliphatic hydroxyl groups is 1. The van der Waals surface area contributed by atoms with E-state index >= 15 is 0 Å². The Kier molecular flexibility index (Phi) is 6.35. The fraction of sp³-hybridized carbons (Fsp3) is 0.560. The standard InChI is InChI=1S/C25H34N6O2S/c1-4-23-26-12-21(34-23)25(33)9-7-18(8-10-25)31-14-17(15-31)28-22(32)13-27-24-19-11-16(2)5-6-20(19)30(3)29-24/h5-6,11-12,17-18,33H,4,7-10,13-15H2,1-3H3,(H,27,29)(H,28,32). The van der Waals surface area contributed by atoms with Crippen LogP contribution in [0.25, 0.3) is 10.9 Å². The quantitative estimate of drug-likeness (QED) is 0.479. The molecule has 8 nitrogen and oxygen atoms in total. The van der Waals surface area contributed by atoms with Crippen molar-refractivity contribution in [3.05, 3.63) is 39.8 Å². The number of likely N-dealkylation sites (tertiary alicyclic amines) is 1. The maximum Gasteiger partial charge on any atom is 0.239 e. The highest BCUT2D eigenvalue weighted by molar-refractivity contribution is 7.11. The third kappa shape index (κ3) is 4.56. The van der Waals surface area contributed by atoms with Crippen LogP contribution in [-0.2, 0) is 23.9 Å². The zero-order chi connectivity index (χ0) is 23.9. The first-order valence-corrected chi connectivity index (χ1v) is 13.0. The van der Waals surface area contributed by atoms with E-state index in [2.05, 4.69) is 57.7 Å². The Morgan fingerprint density at radius 2 is 2.06 bits per heavy atom. The lowest BCUT2D eigenvalue weighted by molar-refractivity contribution is -0.121. The molecule has 2 aliphatic rings. The summed E-state index contributed by atoms with van der Waals surface area (Å²) in [5, 5.41) is 24.1. The predicted octanol–water partition coefficient (Wildman–Crippen LogP) is 2.94. The van der Waals surface area contributed by atoms with Crippen molar-refractivity contribution in [3.8, 4) is 0 Å². The van der Waals surface area contributed by atoms with Crippen LogP contribution in [0.2, 0.25) is 0 Å². The van der Waals surface area contributed by atoms with Gasteiger partial charge in [0.2, 0.25) is 5.91 Å². The number of fused-ring (bicyclic) bond motifs is 1. The molecule has 9 heteroatoms. The van der Waals surface area contributed by atoms with Crippen LogP contribution in [-0.4, -0.2) is 62.4 Å². The van der Waals surface area contributed by atoms with E-state index in [0.29, 0.717) is 6.04 Å². The number of thiazole rings is 1. The number of benzene rings is 1. The second kappa shape index (κ2) is 9.28. The van der Waals surface area contributed by atoms with Gasteiger partial charge in [0, 0.05) is 37.8 Å². The smallest absolute Gasteiger partial charge is 0.239 e. The lowest BCUT2D eigenvalue weighted by Gasteiger charge is -2.48. The van der Waals surface area contributed by atoms with Crippen molar-refractivity contribution in [1.29, 1.82) is 0 Å². The number of rotatable bonds is 7. The number of hydrogen-bond donors (Lipinski definition) is 3. The van der Waals surface area contributed by atoms with Gasteiger partial charge in [-0.3, -0.25) is 14.4 Å². The summed E-state index contributed by atoms with van der Waals surface area (Å²) in [5.41, 5.74) is 1.49. The molecule has 182 valence electrons. The number of aryl methyl sites for hydroxylation is 3. The first-order chi connectivity index (χ1) is 16.3. The second-order valence-corrected chi connectivity index (χ2v) is 10.9. The van der Waals surface area contributed by atoms with Gasteiger partial charge in [-0.05, 0) is 51.2 Å². The number of nitrogens with zero attached hydrogens (tertiary/aromatic N) is 4. The zero-order valence-electron chi connectivity index (χ0n) is 20.2. The van der Waals surface area contributed by atoms with Crippen LogP contribution in [0.3, 0.4) is 0 Å². The predicted molar refractivity (Wildman–Crippen MR) is 135 cm³/mol. The summed E-state index contributed by atoms with van der Waals surface area (Å²) >= 11 is 1.65. The van der Waals surface area contributed by atoms with Gasteiger partial charge in [0.15, 0.2) is 5.82 Å². The lowest BCUT2D eigenvalue weighted by atomic mass is 9.80. The van der Waals surface area contributed by atoms with E-state index < -0.39 is 5.60 Å². The molecule has 1 amide bonds. The molecule has 1 saturated heterocycles. The highest BCUT2D eigenvalue weighted by Gasteiger charge is 2.41. The molecule has 34 heavy (non-hydrogen) atoms. The number of anilines is 1. The van der Waals surface area contributed by atoms with Crippen LogP contribution < -0.4 is 10.6 Å². The summed E-state index contributed by atoms with van der Waals surface area (Å²) in [6.07, 6.45) is 6.28. The Labute approximate surface area is 204 Å². The van der Waals surface area contributed by atoms with Crippen molar-refractivity contribution in [2.45, 2.75) is 63.6 Å². The highest BCUT2D eigenvalue weighted by Crippen LogP contribution is 2.41. The topological polar surface area (TPSA) is 95.3 Å². The first kappa shape index (κ1) is 23.3. The molecule has 0 unspecified atom stereocenters. The molecule has 1 aromatic carbocycles. The molecule has 3 heterocycles. The van der Waals surface area contributed by atoms with Gasteiger partial charge >= 0.3 is 0 Å². The SMILES string of the molecule is CCc1ncc(C2(O)CCC(N3CC(NC(=O)CNc4nn(C)c5ccc(C)cc45)C3)CC2)s1. The number of nitrogens with one attached hydrogen (secondary N) is 2. The molecule has 2 aromatic heterocycles. The summed E-state index contributed by atoms with van der Waals surface area (Å²) < 4.78 is 1.84. The molecular formula is C25H34N6O2S. The summed E-state index contributed by atoms with van der Waals surface area (Å²) in [4.78, 5) is 20.4. The fourth-order valence-corrected chi connectivity index (χ4v) is 6.24. The third-order valence-corrected chi connectivity index (χ3v) is 8.65. The molecular weight excluding hydrogens is 448 g/mol. The van der Waals surface area contributed by atoms with Crippen molar-refractivity contribution < 1.29 is 9.90 Å². The Bertz CT molecular complexity index is 1170. The average Bonchev–Trinajstić information content (AvgIpc) is 3.40. The van der Waals surface area contributed by atoms with Crippen molar-refractivity contribution >= 4 is 34.0 Å². The number of aromatic nitrogens is 3. The molecule has 1 aliphatic carbocycles. The summed E-state index contributed by atoms with van der Waals surface area (Å²) in [6.45, 7) is 6.11. The van der Waals surface area contributed by atoms with Gasteiger partial charge in [-0.1, -0.05) is 18.6 Å². The Balaban J connectivity index is 1.07. The Morgan fingerprint density at radius 3 is 2.76 bits per heavy atom. The fourth-order valence-electron chi connectivity index (χ4n) is 5.24. The van der Waals surface area contributed by atoms with Crippen molar-refractivity contribution in [2.75, 3.05) is 25.0 Å². The Morgan fingerprint density at radius 1 is 1.29 bits per heavy atom. The van der Waals surface area contributed by atoms with E-state index in [1.807, 2.05) is 17.9 Å². The number of amides is 1. The highest BCUT2D eigenvalue weighted by atomic mass is 32.1. The minimum atomic E-state index is -0.722. The van der Waals surface area contributed by atoms with E-state index in [4.69, 9.17) is 0 Å². The van der Waals surface area contributed by atoms with Gasteiger partial charge in [-0.15, -0.1) is 11.3 Å². The van der Waals surface area contributed by atoms with E-state index in [1.165, 1.54) is 5.56 Å². The summed E-state index contributed by atoms with van der Waals surface area (Å²) in [7, 11) is 1.91. The molecule has 1 saturated carbocycles. The zero-order valence-corrected chi connectivity index (χ0v) is 21.0. The summed E-state index contributed by atoms with van der Waals surface area (Å²) in [5.74, 6) is 0.735. The van der Waals surface area contributed by atoms with Crippen LogP contribution in [0.5, 0.6) is 0 Å². The van der Waals surface area contributed by atoms with E-state index in [0.717, 1.165) is 71.8 Å². The molecule has 3 N–H and O–H groups in total. The Hall–Kier alpha value is -2.49. The van der Waals surface area contributed by atoms with Crippen LogP contribution in [0.1, 0.15) is 48.1 Å². The minimum Gasteiger partial charge on any atom is -0.384 e. The van der Waals surface area contributed by atoms with Gasteiger partial charge in [-0.25, -0.2) is 4.98 Å². The van der Waals surface area contributed by atoms with Gasteiger partial charge in [0.05, 0.1) is 28.0 Å². The van der Waals surface area contributed by atoms with Gasteiger partial charge < -0.3 is 15.7 Å². The maximum absolute atomic E-state index is 12.5. The normalized spacial score (nSPS) is 23.7. The molecule has 0 radical (unpaired) electrons. The second-order valence-electron chi connectivity index (χ2n) is 9.80. The largest absolute Gasteiger partial charge is 0.384 e. The van der Waals surface area contributed by atoms with Gasteiger partial charge in [-0.2, -0.15) is 5.10 Å². The number of carbonyl (C=O) groups is 1. The van der Waals surface area contributed by atoms with Crippen LogP contribution in [0.4, 0.5) is 5.82 Å². The van der Waals surface area contributed by atoms with Crippen molar-refractivity contribution in [2.24, 2.45) is 7.05 Å². The first-order valence-electron chi connectivity index (χ1n) is 12.2. The van der Waals surface area contributed by atoms with Crippen molar-refractivity contribution in [1.82, 2.24) is 25.0 Å². The number of carbonyl (C=O) groups excluding carboxylic acids is 1. The molecule has 2 fully saturated rings. The van der Waals surface area contributed by atoms with Crippen LogP contribution in [0, 0.1) is 6.92 Å². The van der Waals surface area contributed by atoms with Gasteiger partial charge in [0.25, 0.3) is 0 Å². The monoisotopic (exact) mass is 482 g/mol. The molecule has 1 aliphatic heterocycles. The average molecular weight is 483 g/mol. The minimum absolute atomic E-state index is 0.00829. The van der Waals surface area contributed by atoms with E-state index in [1.54, 1.807) is 11.3 Å². The maximum atomic E-state index is 12.5. The summed E-state index contributed by atoms with van der Waals surface area (Å²) in [6, 6.07) is 6.88.